The summed E-state index contributed by atoms with van der Waals surface area (Å²) in [5, 5.41) is 11.1. The third-order valence-electron chi connectivity index (χ3n) is 5.99. The Labute approximate surface area is 204 Å². The highest BCUT2D eigenvalue weighted by Crippen LogP contribution is 2.33. The van der Waals surface area contributed by atoms with Crippen molar-refractivity contribution in [3.63, 3.8) is 0 Å². The number of benzene rings is 2. The van der Waals surface area contributed by atoms with Crippen molar-refractivity contribution in [3.05, 3.63) is 79.0 Å². The number of H-pyrrole nitrogens is 2. The minimum Gasteiger partial charge on any atom is -0.337 e. The zero-order valence-corrected chi connectivity index (χ0v) is 19.2. The Bertz CT molecular complexity index is 1750. The number of hydrogen-bond donors (Lipinski definition) is 3. The molecule has 9 heteroatoms. The fraction of sp³-hybridized carbons (Fsp3) is 0.0741. The van der Waals surface area contributed by atoms with E-state index >= 15 is 0 Å². The summed E-state index contributed by atoms with van der Waals surface area (Å²) in [4.78, 5) is 28.7. The molecule has 0 aliphatic carbocycles. The first kappa shape index (κ1) is 21.6. The van der Waals surface area contributed by atoms with Crippen molar-refractivity contribution in [2.45, 2.75) is 13.3 Å². The van der Waals surface area contributed by atoms with Crippen LogP contribution >= 0.6 is 0 Å². The molecule has 2 aromatic carbocycles. The highest BCUT2D eigenvalue weighted by Gasteiger charge is 2.17. The quantitative estimate of drug-likeness (QED) is 0.294. The lowest BCUT2D eigenvalue weighted by molar-refractivity contribution is -0.115. The molecular weight excluding hydrogens is 457 g/mol. The first-order chi connectivity index (χ1) is 17.6. The predicted octanol–water partition coefficient (Wildman–Crippen LogP) is 5.72. The summed E-state index contributed by atoms with van der Waals surface area (Å²) in [5.74, 6) is 0.162. The number of carbonyl (C=O) groups excluding carboxylic acids is 1. The van der Waals surface area contributed by atoms with Gasteiger partial charge in [0, 0.05) is 34.7 Å². The standard InChI is InChI=1S/C27H20FN7O/c1-2-24(36)31-16-10-15(12-29-13-16)22-11-19-23(14-30-22)34-35-26(19)27-32-21-9-5-7-18(25(21)33-27)17-6-3-4-8-20(17)28/h3-14H,2H2,1H3,(H,31,36)(H,32,33)(H,34,35). The molecule has 36 heavy (non-hydrogen) atoms. The van der Waals surface area contributed by atoms with Gasteiger partial charge in [-0.1, -0.05) is 37.3 Å². The molecule has 0 saturated carbocycles. The maximum absolute atomic E-state index is 14.5. The van der Waals surface area contributed by atoms with Gasteiger partial charge in [-0.25, -0.2) is 9.37 Å². The molecule has 4 heterocycles. The van der Waals surface area contributed by atoms with Gasteiger partial charge in [-0.05, 0) is 24.3 Å². The second-order valence-electron chi connectivity index (χ2n) is 8.32. The van der Waals surface area contributed by atoms with Crippen LogP contribution in [0, 0.1) is 5.82 Å². The highest BCUT2D eigenvalue weighted by atomic mass is 19.1. The fourth-order valence-corrected chi connectivity index (χ4v) is 4.19. The molecule has 0 unspecified atom stereocenters. The predicted molar refractivity (Wildman–Crippen MR) is 137 cm³/mol. The van der Waals surface area contributed by atoms with Gasteiger partial charge in [-0.3, -0.25) is 19.9 Å². The number of fused-ring (bicyclic) bond motifs is 2. The number of hydrogen-bond acceptors (Lipinski definition) is 5. The minimum atomic E-state index is -0.304. The molecule has 176 valence electrons. The maximum atomic E-state index is 14.5. The van der Waals surface area contributed by atoms with E-state index in [9.17, 15) is 9.18 Å². The SMILES string of the molecule is CCC(=O)Nc1cncc(-c2cc3c(-c4nc5c(-c6ccccc6F)cccc5[nH]4)n[nH]c3cn2)c1. The van der Waals surface area contributed by atoms with Crippen molar-refractivity contribution in [2.75, 3.05) is 5.32 Å². The van der Waals surface area contributed by atoms with Gasteiger partial charge in [0.25, 0.3) is 0 Å². The Kier molecular flexibility index (Phi) is 5.22. The number of halogens is 1. The first-order valence-electron chi connectivity index (χ1n) is 11.4. The molecule has 4 aromatic heterocycles. The van der Waals surface area contributed by atoms with Crippen molar-refractivity contribution < 1.29 is 9.18 Å². The van der Waals surface area contributed by atoms with Gasteiger partial charge in [0.15, 0.2) is 5.82 Å². The molecule has 0 bridgehead atoms. The summed E-state index contributed by atoms with van der Waals surface area (Å²) >= 11 is 0. The van der Waals surface area contributed by atoms with Crippen molar-refractivity contribution in [3.8, 4) is 33.9 Å². The van der Waals surface area contributed by atoms with E-state index in [1.165, 1.54) is 6.07 Å². The summed E-state index contributed by atoms with van der Waals surface area (Å²) in [6, 6.07) is 16.0. The van der Waals surface area contributed by atoms with Crippen LogP contribution in [0.4, 0.5) is 10.1 Å². The average Bonchev–Trinajstić information content (AvgIpc) is 3.52. The molecule has 0 aliphatic heterocycles. The van der Waals surface area contributed by atoms with E-state index in [0.29, 0.717) is 46.0 Å². The average molecular weight is 478 g/mol. The topological polar surface area (TPSA) is 112 Å². The molecule has 3 N–H and O–H groups in total. The number of nitrogens with zero attached hydrogens (tertiary/aromatic N) is 4. The van der Waals surface area contributed by atoms with E-state index in [-0.39, 0.29) is 11.7 Å². The zero-order chi connectivity index (χ0) is 24.6. The second kappa shape index (κ2) is 8.70. The summed E-state index contributed by atoms with van der Waals surface area (Å²) in [7, 11) is 0. The summed E-state index contributed by atoms with van der Waals surface area (Å²) < 4.78 is 14.5. The number of amides is 1. The van der Waals surface area contributed by atoms with Crippen LogP contribution in [0.3, 0.4) is 0 Å². The van der Waals surface area contributed by atoms with Crippen LogP contribution in [0.15, 0.2) is 73.2 Å². The van der Waals surface area contributed by atoms with Gasteiger partial charge in [0.2, 0.25) is 5.91 Å². The smallest absolute Gasteiger partial charge is 0.224 e. The van der Waals surface area contributed by atoms with Crippen molar-refractivity contribution in [2.24, 2.45) is 0 Å². The van der Waals surface area contributed by atoms with Gasteiger partial charge < -0.3 is 10.3 Å². The van der Waals surface area contributed by atoms with E-state index in [1.807, 2.05) is 30.3 Å². The van der Waals surface area contributed by atoms with E-state index in [0.717, 1.165) is 22.0 Å². The van der Waals surface area contributed by atoms with E-state index < -0.39 is 0 Å². The van der Waals surface area contributed by atoms with Gasteiger partial charge in [0.1, 0.15) is 11.5 Å². The summed E-state index contributed by atoms with van der Waals surface area (Å²) in [6.45, 7) is 1.79. The lowest BCUT2D eigenvalue weighted by Crippen LogP contribution is -2.09. The fourth-order valence-electron chi connectivity index (χ4n) is 4.19. The number of anilines is 1. The lowest BCUT2D eigenvalue weighted by Gasteiger charge is -2.06. The molecule has 1 amide bonds. The number of rotatable bonds is 5. The van der Waals surface area contributed by atoms with Crippen molar-refractivity contribution in [1.29, 1.82) is 0 Å². The third-order valence-corrected chi connectivity index (χ3v) is 5.99. The molecule has 8 nitrogen and oxygen atoms in total. The Morgan fingerprint density at radius 2 is 1.86 bits per heavy atom. The van der Waals surface area contributed by atoms with E-state index in [2.05, 4.69) is 30.5 Å². The molecule has 0 radical (unpaired) electrons. The molecule has 0 atom stereocenters. The van der Waals surface area contributed by atoms with E-state index in [4.69, 9.17) is 4.98 Å². The molecule has 0 aliphatic rings. The number of para-hydroxylation sites is 1. The van der Waals surface area contributed by atoms with E-state index in [1.54, 1.807) is 43.7 Å². The first-order valence-corrected chi connectivity index (χ1v) is 11.4. The van der Waals surface area contributed by atoms with Crippen LogP contribution in [-0.4, -0.2) is 36.0 Å². The van der Waals surface area contributed by atoms with Crippen molar-refractivity contribution in [1.82, 2.24) is 30.1 Å². The Morgan fingerprint density at radius 3 is 2.72 bits per heavy atom. The molecule has 0 fully saturated rings. The molecular formula is C27H20FN7O. The maximum Gasteiger partial charge on any atom is 0.224 e. The number of pyridine rings is 2. The number of carbonyl (C=O) groups is 1. The van der Waals surface area contributed by atoms with Gasteiger partial charge in [-0.2, -0.15) is 5.10 Å². The Hall–Kier alpha value is -4.92. The normalized spacial score (nSPS) is 11.3. The molecule has 0 saturated heterocycles. The number of nitrogens with one attached hydrogen (secondary N) is 3. The third kappa shape index (κ3) is 3.76. The largest absolute Gasteiger partial charge is 0.337 e. The van der Waals surface area contributed by atoms with Crippen LogP contribution in [0.25, 0.3) is 55.8 Å². The highest BCUT2D eigenvalue weighted by molar-refractivity contribution is 5.98. The lowest BCUT2D eigenvalue weighted by atomic mass is 10.0. The van der Waals surface area contributed by atoms with Gasteiger partial charge in [0.05, 0.1) is 40.3 Å². The van der Waals surface area contributed by atoms with Gasteiger partial charge >= 0.3 is 0 Å². The monoisotopic (exact) mass is 477 g/mol. The Morgan fingerprint density at radius 1 is 1.00 bits per heavy atom. The Balaban J connectivity index is 1.44. The number of aromatic nitrogens is 6. The number of aromatic amines is 2. The summed E-state index contributed by atoms with van der Waals surface area (Å²) in [5.41, 5.74) is 6.02. The van der Waals surface area contributed by atoms with Crippen LogP contribution in [-0.2, 0) is 4.79 Å². The number of imidazole rings is 1. The summed E-state index contributed by atoms with van der Waals surface area (Å²) in [6.07, 6.45) is 5.37. The van der Waals surface area contributed by atoms with Crippen molar-refractivity contribution >= 4 is 33.5 Å². The molecule has 0 spiro atoms. The molecule has 6 rings (SSSR count). The van der Waals surface area contributed by atoms with Crippen LogP contribution in [0.5, 0.6) is 0 Å². The van der Waals surface area contributed by atoms with Crippen LogP contribution in [0.2, 0.25) is 0 Å². The van der Waals surface area contributed by atoms with Crippen LogP contribution in [0.1, 0.15) is 13.3 Å². The zero-order valence-electron chi connectivity index (χ0n) is 19.2. The molecule has 6 aromatic rings. The van der Waals surface area contributed by atoms with Gasteiger partial charge in [-0.15, -0.1) is 0 Å². The van der Waals surface area contributed by atoms with Crippen LogP contribution < -0.4 is 5.32 Å². The minimum absolute atomic E-state index is 0.0888. The second-order valence-corrected chi connectivity index (χ2v) is 8.32.